The maximum Gasteiger partial charge on any atom is 0.257 e. The number of rotatable bonds is 9. The number of nitrogens with zero attached hydrogens (tertiary/aromatic N) is 2. The molecular formula is C28H33N3O4. The first-order valence-electron chi connectivity index (χ1n) is 12.1. The van der Waals surface area contributed by atoms with Gasteiger partial charge in [0.2, 0.25) is 0 Å². The van der Waals surface area contributed by atoms with Crippen molar-refractivity contribution in [3.8, 4) is 5.75 Å². The minimum atomic E-state index is -0.388. The van der Waals surface area contributed by atoms with E-state index in [0.717, 1.165) is 49.7 Å². The molecule has 4 rings (SSSR count). The van der Waals surface area contributed by atoms with Crippen molar-refractivity contribution in [1.82, 2.24) is 14.8 Å². The van der Waals surface area contributed by atoms with E-state index < -0.39 is 0 Å². The average molecular weight is 476 g/mol. The molecule has 1 amide bonds. The molecule has 2 heterocycles. The number of aryl methyl sites for hydroxylation is 2. The summed E-state index contributed by atoms with van der Waals surface area (Å²) in [5.74, 6) is 0.307. The third kappa shape index (κ3) is 6.59. The number of aromatic nitrogens is 1. The number of ether oxygens (including phenoxy) is 2. The first-order valence-corrected chi connectivity index (χ1v) is 12.1. The van der Waals surface area contributed by atoms with Gasteiger partial charge in [-0.15, -0.1) is 0 Å². The maximum atomic E-state index is 13.3. The van der Waals surface area contributed by atoms with Crippen LogP contribution in [-0.4, -0.2) is 48.2 Å². The van der Waals surface area contributed by atoms with Gasteiger partial charge in [-0.25, -0.2) is 0 Å². The van der Waals surface area contributed by atoms with Crippen LogP contribution in [-0.2, 0) is 24.4 Å². The number of carbonyl (C=O) groups excluding carboxylic acids is 1. The molecule has 2 aromatic carbocycles. The highest BCUT2D eigenvalue weighted by molar-refractivity contribution is 5.95. The Morgan fingerprint density at radius 1 is 1.00 bits per heavy atom. The van der Waals surface area contributed by atoms with Gasteiger partial charge in [-0.2, -0.15) is 0 Å². The fraction of sp³-hybridized carbons (Fsp3) is 0.357. The Morgan fingerprint density at radius 2 is 1.71 bits per heavy atom. The number of pyridine rings is 1. The van der Waals surface area contributed by atoms with Crippen LogP contribution in [0.3, 0.4) is 0 Å². The quantitative estimate of drug-likeness (QED) is 0.514. The van der Waals surface area contributed by atoms with Crippen LogP contribution in [0.4, 0.5) is 0 Å². The van der Waals surface area contributed by atoms with E-state index in [1.807, 2.05) is 73.0 Å². The second-order valence-corrected chi connectivity index (χ2v) is 8.85. The van der Waals surface area contributed by atoms with Crippen LogP contribution in [0.5, 0.6) is 5.75 Å². The van der Waals surface area contributed by atoms with Crippen molar-refractivity contribution in [3.63, 3.8) is 0 Å². The van der Waals surface area contributed by atoms with Gasteiger partial charge in [0.05, 0.1) is 18.9 Å². The Kier molecular flexibility index (Phi) is 8.34. The van der Waals surface area contributed by atoms with Crippen LogP contribution in [0.25, 0.3) is 0 Å². The molecule has 1 saturated heterocycles. The molecule has 184 valence electrons. The zero-order valence-electron chi connectivity index (χ0n) is 20.5. The summed E-state index contributed by atoms with van der Waals surface area (Å²) in [7, 11) is 0. The summed E-state index contributed by atoms with van der Waals surface area (Å²) < 4.78 is 13.6. The molecule has 3 aromatic rings. The molecule has 1 N–H and O–H groups in total. The summed E-state index contributed by atoms with van der Waals surface area (Å²) in [6.07, 6.45) is 0. The molecule has 1 fully saturated rings. The molecule has 1 aromatic heterocycles. The number of benzene rings is 2. The Balaban J connectivity index is 1.61. The van der Waals surface area contributed by atoms with E-state index in [1.165, 1.54) is 0 Å². The fourth-order valence-corrected chi connectivity index (χ4v) is 4.25. The van der Waals surface area contributed by atoms with Crippen LogP contribution in [0.15, 0.2) is 65.5 Å². The predicted octanol–water partition coefficient (Wildman–Crippen LogP) is 3.31. The third-order valence-electron chi connectivity index (χ3n) is 6.29. The van der Waals surface area contributed by atoms with Gasteiger partial charge < -0.3 is 19.4 Å². The van der Waals surface area contributed by atoms with Gasteiger partial charge in [-0.1, -0.05) is 48.0 Å². The Hall–Kier alpha value is -3.42. The normalized spacial score (nSPS) is 14.0. The van der Waals surface area contributed by atoms with Gasteiger partial charge in [-0.3, -0.25) is 14.5 Å². The van der Waals surface area contributed by atoms with Crippen molar-refractivity contribution in [2.45, 2.75) is 33.5 Å². The third-order valence-corrected chi connectivity index (χ3v) is 6.29. The number of amides is 1. The minimum absolute atomic E-state index is 0.122. The Labute approximate surface area is 206 Å². The molecule has 0 spiro atoms. The zero-order chi connectivity index (χ0) is 24.6. The molecule has 1 aliphatic heterocycles. The van der Waals surface area contributed by atoms with Crippen molar-refractivity contribution < 1.29 is 14.3 Å². The first-order chi connectivity index (χ1) is 17.0. The zero-order valence-corrected chi connectivity index (χ0v) is 20.5. The summed E-state index contributed by atoms with van der Waals surface area (Å²) in [5.41, 5.74) is 3.35. The molecule has 0 radical (unpaired) electrons. The van der Waals surface area contributed by atoms with Gasteiger partial charge in [0.15, 0.2) is 5.43 Å². The smallest absolute Gasteiger partial charge is 0.257 e. The summed E-state index contributed by atoms with van der Waals surface area (Å²) in [6.45, 7) is 9.03. The van der Waals surface area contributed by atoms with Crippen molar-refractivity contribution in [2.75, 3.05) is 32.8 Å². The SMILES string of the molecule is Cc1ccc(OCc2c(C(=O)NCc3ccccc3)c(=O)cc(C)n2CCN2CCOCC2)cc1. The topological polar surface area (TPSA) is 72.8 Å². The molecule has 1 aliphatic rings. The summed E-state index contributed by atoms with van der Waals surface area (Å²) >= 11 is 0. The van der Waals surface area contributed by atoms with Gasteiger partial charge in [-0.05, 0) is 31.5 Å². The molecule has 0 saturated carbocycles. The van der Waals surface area contributed by atoms with E-state index in [2.05, 4.69) is 10.2 Å². The van der Waals surface area contributed by atoms with Gasteiger partial charge in [0, 0.05) is 44.5 Å². The van der Waals surface area contributed by atoms with E-state index in [4.69, 9.17) is 9.47 Å². The standard InChI is InChI=1S/C28H33N3O4/c1-21-8-10-24(11-9-21)35-20-25-27(28(33)29-19-23-6-4-3-5-7-23)26(32)18-22(2)31(25)13-12-30-14-16-34-17-15-30/h3-11,18H,12-17,19-20H2,1-2H3,(H,29,33). The number of morpholine rings is 1. The Bertz CT molecular complexity index is 1180. The second kappa shape index (κ2) is 11.8. The predicted molar refractivity (Wildman–Crippen MR) is 136 cm³/mol. The lowest BCUT2D eigenvalue weighted by molar-refractivity contribution is 0.0361. The molecule has 0 bridgehead atoms. The highest BCUT2D eigenvalue weighted by Gasteiger charge is 2.22. The molecule has 7 nitrogen and oxygen atoms in total. The van der Waals surface area contributed by atoms with Gasteiger partial charge in [0.25, 0.3) is 5.91 Å². The van der Waals surface area contributed by atoms with Gasteiger partial charge in [0.1, 0.15) is 17.9 Å². The number of hydrogen-bond acceptors (Lipinski definition) is 5. The Morgan fingerprint density at radius 3 is 2.43 bits per heavy atom. The number of hydrogen-bond donors (Lipinski definition) is 1. The monoisotopic (exact) mass is 475 g/mol. The molecule has 0 atom stereocenters. The van der Waals surface area contributed by atoms with Crippen molar-refractivity contribution in [3.05, 3.63) is 99.0 Å². The fourth-order valence-electron chi connectivity index (χ4n) is 4.25. The van der Waals surface area contributed by atoms with Gasteiger partial charge >= 0.3 is 0 Å². The van der Waals surface area contributed by atoms with E-state index in [9.17, 15) is 9.59 Å². The van der Waals surface area contributed by atoms with E-state index in [-0.39, 0.29) is 23.5 Å². The van der Waals surface area contributed by atoms with Crippen molar-refractivity contribution in [1.29, 1.82) is 0 Å². The maximum absolute atomic E-state index is 13.3. The van der Waals surface area contributed by atoms with Crippen LogP contribution >= 0.6 is 0 Å². The summed E-state index contributed by atoms with van der Waals surface area (Å²) in [4.78, 5) is 28.7. The molecule has 0 unspecified atom stereocenters. The van der Waals surface area contributed by atoms with Crippen LogP contribution in [0, 0.1) is 13.8 Å². The van der Waals surface area contributed by atoms with Crippen LogP contribution in [0.1, 0.15) is 32.9 Å². The lowest BCUT2D eigenvalue weighted by Gasteiger charge is -2.28. The minimum Gasteiger partial charge on any atom is -0.487 e. The average Bonchev–Trinajstić information content (AvgIpc) is 2.87. The largest absolute Gasteiger partial charge is 0.487 e. The summed E-state index contributed by atoms with van der Waals surface area (Å²) in [6, 6.07) is 19.0. The van der Waals surface area contributed by atoms with Crippen LogP contribution < -0.4 is 15.5 Å². The molecule has 7 heteroatoms. The van der Waals surface area contributed by atoms with E-state index >= 15 is 0 Å². The molecular weight excluding hydrogens is 442 g/mol. The summed E-state index contributed by atoms with van der Waals surface area (Å²) in [5, 5.41) is 2.92. The molecule has 35 heavy (non-hydrogen) atoms. The number of nitrogens with one attached hydrogen (secondary N) is 1. The second-order valence-electron chi connectivity index (χ2n) is 8.85. The number of carbonyl (C=O) groups is 1. The highest BCUT2D eigenvalue weighted by atomic mass is 16.5. The highest BCUT2D eigenvalue weighted by Crippen LogP contribution is 2.17. The van der Waals surface area contributed by atoms with Crippen LogP contribution in [0.2, 0.25) is 0 Å². The lowest BCUT2D eigenvalue weighted by Crippen LogP contribution is -2.39. The first kappa shape index (κ1) is 24.7. The van der Waals surface area contributed by atoms with Crippen molar-refractivity contribution >= 4 is 5.91 Å². The molecule has 0 aliphatic carbocycles. The van der Waals surface area contributed by atoms with Crippen molar-refractivity contribution in [2.24, 2.45) is 0 Å². The van der Waals surface area contributed by atoms with E-state index in [1.54, 1.807) is 6.07 Å². The lowest BCUT2D eigenvalue weighted by atomic mass is 10.1. The van der Waals surface area contributed by atoms with E-state index in [0.29, 0.717) is 24.5 Å².